The fourth-order valence-corrected chi connectivity index (χ4v) is 2.68. The molecule has 2 atom stereocenters. The highest BCUT2D eigenvalue weighted by molar-refractivity contribution is 5.10. The van der Waals surface area contributed by atoms with Crippen molar-refractivity contribution in [2.75, 3.05) is 6.54 Å². The minimum atomic E-state index is 0.424. The van der Waals surface area contributed by atoms with Gasteiger partial charge in [0.2, 0.25) is 0 Å². The van der Waals surface area contributed by atoms with Crippen LogP contribution in [-0.2, 0) is 17.9 Å². The van der Waals surface area contributed by atoms with E-state index in [0.717, 1.165) is 24.5 Å². The topological polar surface area (TPSA) is 34.1 Å². The molecule has 0 spiro atoms. The van der Waals surface area contributed by atoms with Gasteiger partial charge in [-0.15, -0.1) is 0 Å². The zero-order valence-corrected chi connectivity index (χ0v) is 12.2. The van der Waals surface area contributed by atoms with Crippen molar-refractivity contribution in [2.45, 2.75) is 58.8 Å². The van der Waals surface area contributed by atoms with Crippen LogP contribution in [0.15, 0.2) is 18.2 Å². The van der Waals surface area contributed by atoms with E-state index in [4.69, 9.17) is 4.74 Å². The summed E-state index contributed by atoms with van der Waals surface area (Å²) in [7, 11) is 0. The third kappa shape index (κ3) is 4.59. The molecule has 2 rings (SSSR count). The van der Waals surface area contributed by atoms with Crippen molar-refractivity contribution < 1.29 is 4.74 Å². The van der Waals surface area contributed by atoms with Crippen LogP contribution >= 0.6 is 0 Å². The first-order valence-corrected chi connectivity index (χ1v) is 7.56. The van der Waals surface area contributed by atoms with E-state index < -0.39 is 0 Å². The Bertz CT molecular complexity index is 381. The fraction of sp³-hybridized carbons (Fsp3) is 0.688. The summed E-state index contributed by atoms with van der Waals surface area (Å²) in [6.07, 6.45) is 5.60. The number of aromatic nitrogens is 1. The van der Waals surface area contributed by atoms with Crippen LogP contribution in [0.4, 0.5) is 0 Å². The highest BCUT2D eigenvalue weighted by Gasteiger charge is 2.21. The lowest BCUT2D eigenvalue weighted by molar-refractivity contribution is -0.0168. The average Bonchev–Trinajstić information content (AvgIpc) is 2.45. The lowest BCUT2D eigenvalue weighted by atomic mass is 9.88. The maximum atomic E-state index is 6.06. The Hall–Kier alpha value is -0.930. The Morgan fingerprint density at radius 1 is 1.26 bits per heavy atom. The molecule has 0 saturated heterocycles. The minimum Gasteiger partial charge on any atom is -0.372 e. The van der Waals surface area contributed by atoms with E-state index in [0.29, 0.717) is 18.6 Å². The van der Waals surface area contributed by atoms with Gasteiger partial charge in [-0.25, -0.2) is 0 Å². The number of nitrogens with zero attached hydrogens (tertiary/aromatic N) is 1. The third-order valence-electron chi connectivity index (χ3n) is 3.90. The van der Waals surface area contributed by atoms with Crippen molar-refractivity contribution in [3.05, 3.63) is 29.6 Å². The van der Waals surface area contributed by atoms with Crippen LogP contribution in [0.3, 0.4) is 0 Å². The van der Waals surface area contributed by atoms with Crippen LogP contribution in [0.25, 0.3) is 0 Å². The van der Waals surface area contributed by atoms with Gasteiger partial charge in [-0.3, -0.25) is 4.98 Å². The molecule has 0 bridgehead atoms. The highest BCUT2D eigenvalue weighted by atomic mass is 16.5. The molecule has 2 unspecified atom stereocenters. The molecule has 1 heterocycles. The van der Waals surface area contributed by atoms with E-state index in [1.54, 1.807) is 0 Å². The quantitative estimate of drug-likeness (QED) is 0.854. The number of nitrogens with one attached hydrogen (secondary N) is 1. The molecule has 1 aromatic rings. The largest absolute Gasteiger partial charge is 0.372 e. The van der Waals surface area contributed by atoms with E-state index >= 15 is 0 Å². The lowest BCUT2D eigenvalue weighted by Crippen LogP contribution is -2.25. The first kappa shape index (κ1) is 14.5. The molecule has 0 aliphatic heterocycles. The van der Waals surface area contributed by atoms with Crippen LogP contribution in [-0.4, -0.2) is 17.6 Å². The molecule has 106 valence electrons. The lowest BCUT2D eigenvalue weighted by Gasteiger charge is -2.28. The molecular formula is C16H26N2O. The summed E-state index contributed by atoms with van der Waals surface area (Å²) in [6, 6.07) is 6.20. The molecule has 1 aliphatic rings. The van der Waals surface area contributed by atoms with Crippen molar-refractivity contribution in [3.8, 4) is 0 Å². The first-order chi connectivity index (χ1) is 9.29. The third-order valence-corrected chi connectivity index (χ3v) is 3.90. The summed E-state index contributed by atoms with van der Waals surface area (Å²) in [4.78, 5) is 4.63. The summed E-state index contributed by atoms with van der Waals surface area (Å²) in [5, 5.41) is 3.30. The average molecular weight is 262 g/mol. The molecule has 1 saturated carbocycles. The van der Waals surface area contributed by atoms with Crippen LogP contribution in [0.5, 0.6) is 0 Å². The second-order valence-electron chi connectivity index (χ2n) is 5.51. The number of hydrogen-bond donors (Lipinski definition) is 1. The summed E-state index contributed by atoms with van der Waals surface area (Å²) in [5.74, 6) is 0.693. The minimum absolute atomic E-state index is 0.424. The molecule has 1 fully saturated rings. The van der Waals surface area contributed by atoms with Crippen LogP contribution in [0, 0.1) is 5.92 Å². The highest BCUT2D eigenvalue weighted by Crippen LogP contribution is 2.26. The molecule has 19 heavy (non-hydrogen) atoms. The molecular weight excluding hydrogens is 236 g/mol. The Balaban J connectivity index is 1.84. The van der Waals surface area contributed by atoms with Gasteiger partial charge < -0.3 is 10.1 Å². The van der Waals surface area contributed by atoms with Gasteiger partial charge in [-0.2, -0.15) is 0 Å². The van der Waals surface area contributed by atoms with Gasteiger partial charge in [0.15, 0.2) is 0 Å². The number of ether oxygens (including phenoxy) is 1. The number of pyridine rings is 1. The second kappa shape index (κ2) is 7.61. The SMILES string of the molecule is CCNCc1cccc(COC2CCCCC2C)n1. The van der Waals surface area contributed by atoms with E-state index in [1.165, 1.54) is 25.7 Å². The Morgan fingerprint density at radius 2 is 2.05 bits per heavy atom. The van der Waals surface area contributed by atoms with Crippen LogP contribution < -0.4 is 5.32 Å². The van der Waals surface area contributed by atoms with Gasteiger partial charge in [0.25, 0.3) is 0 Å². The fourth-order valence-electron chi connectivity index (χ4n) is 2.68. The van der Waals surface area contributed by atoms with Crippen molar-refractivity contribution >= 4 is 0 Å². The van der Waals surface area contributed by atoms with Crippen LogP contribution in [0.2, 0.25) is 0 Å². The normalized spacial score (nSPS) is 23.5. The van der Waals surface area contributed by atoms with E-state index in [1.807, 2.05) is 0 Å². The number of hydrogen-bond acceptors (Lipinski definition) is 3. The molecule has 3 heteroatoms. The summed E-state index contributed by atoms with van der Waals surface area (Å²) < 4.78 is 6.06. The summed E-state index contributed by atoms with van der Waals surface area (Å²) in [6.45, 7) is 6.87. The number of rotatable bonds is 6. The standard InChI is InChI=1S/C16H26N2O/c1-3-17-11-14-8-6-9-15(18-14)12-19-16-10-5-4-7-13(16)2/h6,8-9,13,16-17H,3-5,7,10-12H2,1-2H3. The predicted molar refractivity (Wildman–Crippen MR) is 77.8 cm³/mol. The molecule has 0 radical (unpaired) electrons. The van der Waals surface area contributed by atoms with Gasteiger partial charge in [0.1, 0.15) is 0 Å². The van der Waals surface area contributed by atoms with E-state index in [-0.39, 0.29) is 0 Å². The van der Waals surface area contributed by atoms with Crippen molar-refractivity contribution in [3.63, 3.8) is 0 Å². The Labute approximate surface area is 116 Å². The predicted octanol–water partition coefficient (Wildman–Crippen LogP) is 3.29. The van der Waals surface area contributed by atoms with Crippen molar-refractivity contribution in [1.82, 2.24) is 10.3 Å². The summed E-state index contributed by atoms with van der Waals surface area (Å²) >= 11 is 0. The van der Waals surface area contributed by atoms with Gasteiger partial charge in [-0.1, -0.05) is 32.8 Å². The van der Waals surface area contributed by atoms with E-state index in [2.05, 4.69) is 42.3 Å². The van der Waals surface area contributed by atoms with E-state index in [9.17, 15) is 0 Å². The van der Waals surface area contributed by atoms with Gasteiger partial charge in [0, 0.05) is 6.54 Å². The van der Waals surface area contributed by atoms with Gasteiger partial charge in [0.05, 0.1) is 24.1 Å². The monoisotopic (exact) mass is 262 g/mol. The Morgan fingerprint density at radius 3 is 2.84 bits per heavy atom. The smallest absolute Gasteiger partial charge is 0.0891 e. The molecule has 1 N–H and O–H groups in total. The van der Waals surface area contributed by atoms with Gasteiger partial charge in [-0.05, 0) is 37.4 Å². The summed E-state index contributed by atoms with van der Waals surface area (Å²) in [5.41, 5.74) is 2.15. The second-order valence-corrected chi connectivity index (χ2v) is 5.51. The zero-order valence-electron chi connectivity index (χ0n) is 12.2. The zero-order chi connectivity index (χ0) is 13.5. The van der Waals surface area contributed by atoms with Crippen LogP contribution in [0.1, 0.15) is 50.9 Å². The van der Waals surface area contributed by atoms with Crippen molar-refractivity contribution in [2.24, 2.45) is 5.92 Å². The molecule has 3 nitrogen and oxygen atoms in total. The molecule has 1 aliphatic carbocycles. The molecule has 1 aromatic heterocycles. The maximum Gasteiger partial charge on any atom is 0.0891 e. The Kier molecular flexibility index (Phi) is 5.80. The van der Waals surface area contributed by atoms with Crippen molar-refractivity contribution in [1.29, 1.82) is 0 Å². The maximum absolute atomic E-state index is 6.06. The molecule has 0 aromatic carbocycles. The first-order valence-electron chi connectivity index (χ1n) is 7.56. The molecule has 0 amide bonds. The van der Waals surface area contributed by atoms with Gasteiger partial charge >= 0.3 is 0 Å².